The molecule has 3 aromatic carbocycles. The molecule has 0 N–H and O–H groups in total. The molecule has 3 aromatic rings. The zero-order valence-corrected chi connectivity index (χ0v) is 21.5. The van der Waals surface area contributed by atoms with E-state index in [0.717, 1.165) is 23.0 Å². The molecule has 0 amide bonds. The highest BCUT2D eigenvalue weighted by atomic mass is 28.4. The Kier molecular flexibility index (Phi) is 8.06. The van der Waals surface area contributed by atoms with Crippen molar-refractivity contribution in [2.24, 2.45) is 0 Å². The standard InChI is InChI=1S/C29H36O3Si/c1-28(2,3)33(4,5)32-27(21-22-30)23-31-29(24-15-9-6-10-16-24,25-17-11-7-12-18-25)26-19-13-8-14-20-26/h6-20,22,27H,21,23H2,1-5H3/t27-/m0/s1. The molecule has 0 unspecified atom stereocenters. The first-order chi connectivity index (χ1) is 15.7. The number of benzene rings is 3. The van der Waals surface area contributed by atoms with Gasteiger partial charge in [-0.15, -0.1) is 0 Å². The summed E-state index contributed by atoms with van der Waals surface area (Å²) >= 11 is 0. The Balaban J connectivity index is 2.07. The Hall–Kier alpha value is -2.53. The van der Waals surface area contributed by atoms with Gasteiger partial charge in [-0.05, 0) is 34.8 Å². The van der Waals surface area contributed by atoms with E-state index in [1.54, 1.807) is 0 Å². The van der Waals surface area contributed by atoms with Gasteiger partial charge in [-0.1, -0.05) is 112 Å². The molecular formula is C29H36O3Si. The largest absolute Gasteiger partial charge is 0.411 e. The van der Waals surface area contributed by atoms with Crippen molar-refractivity contribution >= 4 is 14.6 Å². The van der Waals surface area contributed by atoms with Gasteiger partial charge in [0.25, 0.3) is 0 Å². The van der Waals surface area contributed by atoms with Crippen molar-refractivity contribution in [1.82, 2.24) is 0 Å². The van der Waals surface area contributed by atoms with Crippen LogP contribution in [0.4, 0.5) is 0 Å². The lowest BCUT2D eigenvalue weighted by molar-refractivity contribution is -0.111. The molecule has 174 valence electrons. The highest BCUT2D eigenvalue weighted by Gasteiger charge is 2.41. The van der Waals surface area contributed by atoms with Crippen LogP contribution in [0.1, 0.15) is 43.9 Å². The molecule has 0 spiro atoms. The predicted octanol–water partition coefficient (Wildman–Crippen LogP) is 6.97. The Bertz CT molecular complexity index is 899. The van der Waals surface area contributed by atoms with Gasteiger partial charge in [-0.2, -0.15) is 0 Å². The lowest BCUT2D eigenvalue weighted by atomic mass is 9.80. The van der Waals surface area contributed by atoms with Gasteiger partial charge >= 0.3 is 0 Å². The molecule has 3 rings (SSSR count). The van der Waals surface area contributed by atoms with E-state index in [1.165, 1.54) is 0 Å². The van der Waals surface area contributed by atoms with Crippen LogP contribution in [0, 0.1) is 0 Å². The molecule has 4 heteroatoms. The quantitative estimate of drug-likeness (QED) is 0.186. The van der Waals surface area contributed by atoms with Crippen LogP contribution < -0.4 is 0 Å². The Morgan fingerprint density at radius 3 is 1.48 bits per heavy atom. The summed E-state index contributed by atoms with van der Waals surface area (Å²) in [5.74, 6) is 0. The van der Waals surface area contributed by atoms with Crippen molar-refractivity contribution < 1.29 is 14.0 Å². The van der Waals surface area contributed by atoms with E-state index in [4.69, 9.17) is 9.16 Å². The number of carbonyl (C=O) groups is 1. The highest BCUT2D eigenvalue weighted by molar-refractivity contribution is 6.74. The smallest absolute Gasteiger partial charge is 0.192 e. The summed E-state index contributed by atoms with van der Waals surface area (Å²) in [7, 11) is -2.08. The van der Waals surface area contributed by atoms with Gasteiger partial charge in [0.1, 0.15) is 11.9 Å². The van der Waals surface area contributed by atoms with E-state index < -0.39 is 13.9 Å². The SMILES string of the molecule is CC(C)(C)[Si](C)(C)O[C@@H](CC=O)COC(c1ccccc1)(c1ccccc1)c1ccccc1. The number of rotatable bonds is 10. The zero-order valence-electron chi connectivity index (χ0n) is 20.5. The van der Waals surface area contributed by atoms with Gasteiger partial charge in [-0.3, -0.25) is 0 Å². The van der Waals surface area contributed by atoms with E-state index in [2.05, 4.69) is 70.3 Å². The molecule has 0 aromatic heterocycles. The van der Waals surface area contributed by atoms with Crippen LogP contribution in [0.2, 0.25) is 18.1 Å². The Morgan fingerprint density at radius 2 is 1.15 bits per heavy atom. The molecule has 0 saturated carbocycles. The second kappa shape index (κ2) is 10.6. The number of carbonyl (C=O) groups excluding carboxylic acids is 1. The summed E-state index contributed by atoms with van der Waals surface area (Å²) in [5, 5.41) is 0.0452. The molecule has 0 radical (unpaired) electrons. The van der Waals surface area contributed by atoms with Gasteiger partial charge in [0.05, 0.1) is 12.7 Å². The lowest BCUT2D eigenvalue weighted by Gasteiger charge is -2.41. The van der Waals surface area contributed by atoms with Gasteiger partial charge in [0.2, 0.25) is 0 Å². The first-order valence-electron chi connectivity index (χ1n) is 11.6. The number of aldehydes is 1. The summed E-state index contributed by atoms with van der Waals surface area (Å²) in [6.07, 6.45) is 0.941. The lowest BCUT2D eigenvalue weighted by Crippen LogP contribution is -2.46. The van der Waals surface area contributed by atoms with E-state index >= 15 is 0 Å². The third-order valence-electron chi connectivity index (χ3n) is 6.65. The third-order valence-corrected chi connectivity index (χ3v) is 11.2. The summed E-state index contributed by atoms with van der Waals surface area (Å²) in [5.41, 5.74) is 2.31. The van der Waals surface area contributed by atoms with E-state index in [0.29, 0.717) is 13.0 Å². The van der Waals surface area contributed by atoms with E-state index in [9.17, 15) is 4.79 Å². The fourth-order valence-electron chi connectivity index (χ4n) is 3.84. The molecule has 0 aliphatic rings. The van der Waals surface area contributed by atoms with Crippen molar-refractivity contribution in [3.63, 3.8) is 0 Å². The topological polar surface area (TPSA) is 35.5 Å². The monoisotopic (exact) mass is 460 g/mol. The first-order valence-corrected chi connectivity index (χ1v) is 14.5. The molecule has 1 atom stereocenters. The van der Waals surface area contributed by atoms with Crippen LogP contribution in [0.5, 0.6) is 0 Å². The first kappa shape index (κ1) is 25.1. The Labute approximate surface area is 199 Å². The molecular weight excluding hydrogens is 424 g/mol. The maximum Gasteiger partial charge on any atom is 0.192 e. The van der Waals surface area contributed by atoms with Gasteiger partial charge in [0, 0.05) is 6.42 Å². The summed E-state index contributed by atoms with van der Waals surface area (Å²) in [4.78, 5) is 11.6. The summed E-state index contributed by atoms with van der Waals surface area (Å²) in [6.45, 7) is 11.4. The number of hydrogen-bond acceptors (Lipinski definition) is 3. The van der Waals surface area contributed by atoms with Crippen molar-refractivity contribution in [2.75, 3.05) is 6.61 Å². The average Bonchev–Trinajstić information content (AvgIpc) is 2.81. The van der Waals surface area contributed by atoms with Crippen LogP contribution in [-0.2, 0) is 19.6 Å². The van der Waals surface area contributed by atoms with Gasteiger partial charge in [-0.25, -0.2) is 0 Å². The molecule has 0 heterocycles. The number of ether oxygens (including phenoxy) is 1. The van der Waals surface area contributed by atoms with Gasteiger partial charge < -0.3 is 14.0 Å². The summed E-state index contributed by atoms with van der Waals surface area (Å²) in [6, 6.07) is 30.9. The van der Waals surface area contributed by atoms with Crippen molar-refractivity contribution in [3.05, 3.63) is 108 Å². The fourth-order valence-corrected chi connectivity index (χ4v) is 5.19. The maximum atomic E-state index is 11.6. The van der Waals surface area contributed by atoms with Crippen molar-refractivity contribution in [3.8, 4) is 0 Å². The highest BCUT2D eigenvalue weighted by Crippen LogP contribution is 2.42. The van der Waals surface area contributed by atoms with Crippen LogP contribution in [-0.4, -0.2) is 27.3 Å². The second-order valence-corrected chi connectivity index (χ2v) is 14.7. The summed E-state index contributed by atoms with van der Waals surface area (Å²) < 4.78 is 13.5. The minimum absolute atomic E-state index is 0.0452. The van der Waals surface area contributed by atoms with Crippen molar-refractivity contribution in [1.29, 1.82) is 0 Å². The minimum atomic E-state index is -2.08. The predicted molar refractivity (Wildman–Crippen MR) is 138 cm³/mol. The minimum Gasteiger partial charge on any atom is -0.411 e. The second-order valence-electron chi connectivity index (χ2n) is 9.99. The van der Waals surface area contributed by atoms with Crippen LogP contribution in [0.15, 0.2) is 91.0 Å². The molecule has 0 aliphatic carbocycles. The maximum absolute atomic E-state index is 11.6. The van der Waals surface area contributed by atoms with Crippen LogP contribution >= 0.6 is 0 Å². The van der Waals surface area contributed by atoms with E-state index in [1.807, 2.05) is 54.6 Å². The average molecular weight is 461 g/mol. The van der Waals surface area contributed by atoms with Crippen LogP contribution in [0.25, 0.3) is 0 Å². The normalized spacial score (nSPS) is 13.5. The van der Waals surface area contributed by atoms with E-state index in [-0.39, 0.29) is 11.1 Å². The molecule has 0 aliphatic heterocycles. The van der Waals surface area contributed by atoms with Crippen molar-refractivity contribution in [2.45, 2.75) is 57.0 Å². The molecule has 0 fully saturated rings. The molecule has 33 heavy (non-hydrogen) atoms. The van der Waals surface area contributed by atoms with Gasteiger partial charge in [0.15, 0.2) is 8.32 Å². The molecule has 3 nitrogen and oxygen atoms in total. The zero-order chi connectivity index (χ0) is 24.0. The Morgan fingerprint density at radius 1 is 0.758 bits per heavy atom. The van der Waals surface area contributed by atoms with Crippen LogP contribution in [0.3, 0.4) is 0 Å². The fraction of sp³-hybridized carbons (Fsp3) is 0.345. The third kappa shape index (κ3) is 5.70. The molecule has 0 saturated heterocycles. The molecule has 0 bridgehead atoms. The number of hydrogen-bond donors (Lipinski definition) is 0.